The topological polar surface area (TPSA) is 17.0 Å². The molecule has 0 atom stereocenters. The fourth-order valence-electron chi connectivity index (χ4n) is 5.58. The fraction of sp³-hybridized carbons (Fsp3) is 0.0556. The minimum Gasteiger partial charge on any atom is -0.355 e. The summed E-state index contributed by atoms with van der Waals surface area (Å²) in [5, 5.41) is 7.60. The van der Waals surface area contributed by atoms with Crippen molar-refractivity contribution in [3.63, 3.8) is 0 Å². The van der Waals surface area contributed by atoms with E-state index in [-0.39, 0.29) is 0 Å². The summed E-state index contributed by atoms with van der Waals surface area (Å²) in [5.41, 5.74) is 9.45. The number of hydrogen-bond donors (Lipinski definition) is 1. The van der Waals surface area contributed by atoms with Gasteiger partial charge in [-0.3, -0.25) is 0 Å². The molecule has 1 N–H and O–H groups in total. The molecule has 0 spiro atoms. The largest absolute Gasteiger partial charge is 0.355 e. The number of para-hydroxylation sites is 1. The van der Waals surface area contributed by atoms with Gasteiger partial charge >= 0.3 is 0 Å². The Kier molecular flexibility index (Phi) is 5.64. The van der Waals surface area contributed by atoms with E-state index in [4.69, 9.17) is 0 Å². The van der Waals surface area contributed by atoms with Crippen molar-refractivity contribution in [1.82, 2.24) is 4.57 Å². The van der Waals surface area contributed by atoms with Crippen LogP contribution in [0.25, 0.3) is 51.0 Å². The first-order valence-corrected chi connectivity index (χ1v) is 13.3. The van der Waals surface area contributed by atoms with Gasteiger partial charge in [0.15, 0.2) is 0 Å². The molecule has 5 aromatic carbocycles. The van der Waals surface area contributed by atoms with Crippen LogP contribution in [0.2, 0.25) is 0 Å². The number of fused-ring (bicyclic) bond motifs is 3. The maximum Gasteiger partial charge on any atom is 0.0546 e. The minimum atomic E-state index is 1.08. The highest BCUT2D eigenvalue weighted by molar-refractivity contribution is 5.89. The maximum absolute atomic E-state index is 3.62. The molecule has 182 valence electrons. The average molecular weight is 489 g/mol. The van der Waals surface area contributed by atoms with Crippen molar-refractivity contribution in [3.05, 3.63) is 138 Å². The summed E-state index contributed by atoms with van der Waals surface area (Å²) >= 11 is 0. The van der Waals surface area contributed by atoms with Gasteiger partial charge in [0.25, 0.3) is 0 Å². The number of benzene rings is 5. The van der Waals surface area contributed by atoms with E-state index in [1.54, 1.807) is 0 Å². The molecule has 0 aliphatic heterocycles. The molecule has 0 fully saturated rings. The lowest BCUT2D eigenvalue weighted by Gasteiger charge is -2.11. The number of nitrogens with one attached hydrogen (secondary N) is 1. The van der Waals surface area contributed by atoms with Crippen LogP contribution in [-0.4, -0.2) is 4.57 Å². The molecular formula is C36H28N2. The van der Waals surface area contributed by atoms with Crippen LogP contribution >= 0.6 is 0 Å². The van der Waals surface area contributed by atoms with Gasteiger partial charge < -0.3 is 9.88 Å². The van der Waals surface area contributed by atoms with Crippen molar-refractivity contribution in [2.24, 2.45) is 0 Å². The quantitative estimate of drug-likeness (QED) is 0.260. The summed E-state index contributed by atoms with van der Waals surface area (Å²) < 4.78 is 2.42. The third kappa shape index (κ3) is 4.10. The molecule has 0 unspecified atom stereocenters. The first-order valence-electron chi connectivity index (χ1n) is 13.3. The molecule has 1 heterocycles. The average Bonchev–Trinajstić information content (AvgIpc) is 3.32. The first-order chi connectivity index (χ1) is 18.8. The summed E-state index contributed by atoms with van der Waals surface area (Å²) in [6, 6.07) is 45.4. The van der Waals surface area contributed by atoms with Crippen molar-refractivity contribution in [3.8, 4) is 27.9 Å². The van der Waals surface area contributed by atoms with Crippen LogP contribution in [0.15, 0.2) is 127 Å². The summed E-state index contributed by atoms with van der Waals surface area (Å²) in [5.74, 6) is 0. The molecule has 2 nitrogen and oxygen atoms in total. The molecule has 1 aliphatic carbocycles. The van der Waals surface area contributed by atoms with Crippen molar-refractivity contribution < 1.29 is 0 Å². The van der Waals surface area contributed by atoms with Gasteiger partial charge in [-0.05, 0) is 77.6 Å². The summed E-state index contributed by atoms with van der Waals surface area (Å²) in [6.07, 6.45) is 6.96. The molecule has 1 aromatic heterocycles. The van der Waals surface area contributed by atoms with Crippen molar-refractivity contribution in [1.29, 1.82) is 0 Å². The second-order valence-electron chi connectivity index (χ2n) is 9.84. The van der Waals surface area contributed by atoms with Crippen LogP contribution in [0.4, 0.5) is 11.4 Å². The van der Waals surface area contributed by atoms with E-state index >= 15 is 0 Å². The predicted octanol–water partition coefficient (Wildman–Crippen LogP) is 8.06. The number of anilines is 2. The second kappa shape index (κ2) is 9.57. The smallest absolute Gasteiger partial charge is 0.0546 e. The fourth-order valence-corrected chi connectivity index (χ4v) is 5.58. The van der Waals surface area contributed by atoms with Gasteiger partial charge in [0.2, 0.25) is 0 Å². The summed E-state index contributed by atoms with van der Waals surface area (Å²) in [6.45, 7) is 0. The third-order valence-electron chi connectivity index (χ3n) is 7.37. The Balaban J connectivity index is 1.28. The molecule has 2 heteroatoms. The molecule has 1 aliphatic rings. The lowest BCUT2D eigenvalue weighted by atomic mass is 10.0. The molecule has 0 bridgehead atoms. The van der Waals surface area contributed by atoms with E-state index in [0.717, 1.165) is 24.2 Å². The number of aromatic nitrogens is 1. The highest BCUT2D eigenvalue weighted by atomic mass is 15.0. The Hall–Kier alpha value is -4.82. The Labute approximate surface area is 222 Å². The molecular weight excluding hydrogens is 460 g/mol. The SMILES string of the molecule is C1=c2c(n(-c3ccccc3)c3cc(-c4cccc(Nc5cccc(-c6ccccc6)c5)c4)ccc23)=CCC1. The molecule has 6 aromatic rings. The molecule has 38 heavy (non-hydrogen) atoms. The van der Waals surface area contributed by atoms with E-state index in [1.165, 1.54) is 49.4 Å². The van der Waals surface area contributed by atoms with Crippen LogP contribution in [0.3, 0.4) is 0 Å². The number of hydrogen-bond acceptors (Lipinski definition) is 1. The standard InChI is InChI=1S/C36H28N2/c1-3-11-26(12-4-1)27-13-9-15-30(23-27)37-31-16-10-14-28(24-31)29-21-22-34-33-19-7-8-20-35(33)38(36(34)25-29)32-17-5-2-6-18-32/h1-6,9-25,37H,7-8H2. The highest BCUT2D eigenvalue weighted by Gasteiger charge is 2.12. The van der Waals surface area contributed by atoms with Crippen LogP contribution < -0.4 is 15.9 Å². The van der Waals surface area contributed by atoms with Gasteiger partial charge in [0.1, 0.15) is 0 Å². The third-order valence-corrected chi connectivity index (χ3v) is 7.37. The summed E-state index contributed by atoms with van der Waals surface area (Å²) in [4.78, 5) is 0. The van der Waals surface area contributed by atoms with Gasteiger partial charge in [0, 0.05) is 33.0 Å². The zero-order valence-corrected chi connectivity index (χ0v) is 21.1. The molecule has 0 amide bonds. The van der Waals surface area contributed by atoms with E-state index in [2.05, 4.69) is 149 Å². The highest BCUT2D eigenvalue weighted by Crippen LogP contribution is 2.29. The zero-order chi connectivity index (χ0) is 25.3. The van der Waals surface area contributed by atoms with Gasteiger partial charge in [-0.15, -0.1) is 0 Å². The Morgan fingerprint density at radius 3 is 1.84 bits per heavy atom. The molecule has 0 radical (unpaired) electrons. The Morgan fingerprint density at radius 1 is 0.500 bits per heavy atom. The van der Waals surface area contributed by atoms with E-state index in [9.17, 15) is 0 Å². The van der Waals surface area contributed by atoms with Crippen LogP contribution in [0.1, 0.15) is 12.8 Å². The normalized spacial score (nSPS) is 12.4. The van der Waals surface area contributed by atoms with Gasteiger partial charge in [-0.2, -0.15) is 0 Å². The molecule has 0 saturated heterocycles. The van der Waals surface area contributed by atoms with Gasteiger partial charge in [-0.25, -0.2) is 0 Å². The lowest BCUT2D eigenvalue weighted by molar-refractivity contribution is 1.02. The Morgan fingerprint density at radius 2 is 1.11 bits per heavy atom. The van der Waals surface area contributed by atoms with Crippen LogP contribution in [-0.2, 0) is 0 Å². The number of nitrogens with zero attached hydrogens (tertiary/aromatic N) is 1. The predicted molar refractivity (Wildman–Crippen MR) is 161 cm³/mol. The van der Waals surface area contributed by atoms with Crippen LogP contribution in [0, 0.1) is 0 Å². The van der Waals surface area contributed by atoms with E-state index < -0.39 is 0 Å². The number of rotatable bonds is 5. The monoisotopic (exact) mass is 488 g/mol. The summed E-state index contributed by atoms with van der Waals surface area (Å²) in [7, 11) is 0. The van der Waals surface area contributed by atoms with Crippen molar-refractivity contribution >= 4 is 34.4 Å². The van der Waals surface area contributed by atoms with E-state index in [1.807, 2.05) is 0 Å². The zero-order valence-electron chi connectivity index (χ0n) is 21.1. The molecule has 0 saturated carbocycles. The minimum absolute atomic E-state index is 1.08. The maximum atomic E-state index is 3.62. The van der Waals surface area contributed by atoms with Gasteiger partial charge in [0.05, 0.1) is 5.52 Å². The van der Waals surface area contributed by atoms with Crippen molar-refractivity contribution in [2.75, 3.05) is 5.32 Å². The first kappa shape index (κ1) is 22.4. The van der Waals surface area contributed by atoms with Crippen LogP contribution in [0.5, 0.6) is 0 Å². The van der Waals surface area contributed by atoms with E-state index in [0.29, 0.717) is 0 Å². The second-order valence-corrected chi connectivity index (χ2v) is 9.84. The molecule has 7 rings (SSSR count). The van der Waals surface area contributed by atoms with Gasteiger partial charge in [-0.1, -0.05) is 97.1 Å². The Bertz CT molecular complexity index is 1880. The van der Waals surface area contributed by atoms with Crippen molar-refractivity contribution in [2.45, 2.75) is 12.8 Å². The lowest BCUT2D eigenvalue weighted by Crippen LogP contribution is -2.30.